The van der Waals surface area contributed by atoms with Gasteiger partial charge in [-0.2, -0.15) is 0 Å². The summed E-state index contributed by atoms with van der Waals surface area (Å²) in [5, 5.41) is -0.128. The second-order valence-electron chi connectivity index (χ2n) is 5.11. The SMILES string of the molecule is CC(Cl)c1nc2cnccc2n1C(C)C1CCCO1. The van der Waals surface area contributed by atoms with E-state index in [1.54, 1.807) is 12.4 Å². The van der Waals surface area contributed by atoms with Crippen LogP contribution in [0.4, 0.5) is 0 Å². The van der Waals surface area contributed by atoms with Crippen LogP contribution in [0.25, 0.3) is 11.0 Å². The van der Waals surface area contributed by atoms with Crippen molar-refractivity contribution < 1.29 is 4.74 Å². The Kier molecular flexibility index (Phi) is 3.46. The van der Waals surface area contributed by atoms with E-state index >= 15 is 0 Å². The number of hydrogen-bond donors (Lipinski definition) is 0. The Balaban J connectivity index is 2.11. The molecule has 0 radical (unpaired) electrons. The van der Waals surface area contributed by atoms with E-state index in [0.29, 0.717) is 0 Å². The van der Waals surface area contributed by atoms with Crippen molar-refractivity contribution in [2.24, 2.45) is 0 Å². The van der Waals surface area contributed by atoms with Crippen LogP contribution >= 0.6 is 11.6 Å². The Morgan fingerprint density at radius 3 is 3.00 bits per heavy atom. The highest BCUT2D eigenvalue weighted by Gasteiger charge is 2.28. The number of nitrogens with zero attached hydrogens (tertiary/aromatic N) is 3. The fourth-order valence-electron chi connectivity index (χ4n) is 2.83. The topological polar surface area (TPSA) is 39.9 Å². The normalized spacial score (nSPS) is 22.8. The van der Waals surface area contributed by atoms with E-state index in [2.05, 4.69) is 21.5 Å². The Bertz CT molecular complexity index is 575. The standard InChI is InChI=1S/C14H18ClN3O/c1-9(15)14-17-11-8-16-6-5-12(11)18(14)10(2)13-4-3-7-19-13/h5-6,8-10,13H,3-4,7H2,1-2H3. The first-order valence-electron chi connectivity index (χ1n) is 6.76. The molecule has 2 aromatic rings. The number of imidazole rings is 1. The molecule has 5 heteroatoms. The Labute approximate surface area is 117 Å². The maximum absolute atomic E-state index is 6.29. The Morgan fingerprint density at radius 1 is 1.47 bits per heavy atom. The smallest absolute Gasteiger partial charge is 0.128 e. The van der Waals surface area contributed by atoms with E-state index in [4.69, 9.17) is 16.3 Å². The fourth-order valence-corrected chi connectivity index (χ4v) is 2.98. The predicted octanol–water partition coefficient (Wildman–Crippen LogP) is 3.47. The molecule has 2 aromatic heterocycles. The summed E-state index contributed by atoms with van der Waals surface area (Å²) in [5.74, 6) is 0.896. The fraction of sp³-hybridized carbons (Fsp3) is 0.571. The van der Waals surface area contributed by atoms with Crippen molar-refractivity contribution in [3.8, 4) is 0 Å². The van der Waals surface area contributed by atoms with Gasteiger partial charge in [-0.3, -0.25) is 4.98 Å². The average Bonchev–Trinajstić information content (AvgIpc) is 3.05. The van der Waals surface area contributed by atoms with E-state index in [1.165, 1.54) is 0 Å². The summed E-state index contributed by atoms with van der Waals surface area (Å²) in [7, 11) is 0. The molecule has 0 aliphatic carbocycles. The summed E-state index contributed by atoms with van der Waals surface area (Å²) in [5.41, 5.74) is 1.98. The summed E-state index contributed by atoms with van der Waals surface area (Å²) in [6.45, 7) is 4.99. The molecule has 102 valence electrons. The summed E-state index contributed by atoms with van der Waals surface area (Å²) < 4.78 is 8.03. The zero-order valence-corrected chi connectivity index (χ0v) is 12.0. The Morgan fingerprint density at radius 2 is 2.32 bits per heavy atom. The van der Waals surface area contributed by atoms with Crippen LogP contribution in [0.15, 0.2) is 18.5 Å². The average molecular weight is 280 g/mol. The number of halogens is 1. The zero-order valence-electron chi connectivity index (χ0n) is 11.2. The molecule has 3 rings (SSSR count). The first-order chi connectivity index (χ1) is 9.18. The molecular weight excluding hydrogens is 262 g/mol. The van der Waals surface area contributed by atoms with Gasteiger partial charge in [0.15, 0.2) is 0 Å². The van der Waals surface area contributed by atoms with E-state index < -0.39 is 0 Å². The molecule has 0 saturated carbocycles. The molecule has 3 heterocycles. The van der Waals surface area contributed by atoms with Gasteiger partial charge in [0, 0.05) is 12.8 Å². The summed E-state index contributed by atoms with van der Waals surface area (Å²) >= 11 is 6.29. The molecule has 4 nitrogen and oxygen atoms in total. The highest BCUT2D eigenvalue weighted by Crippen LogP contribution is 2.32. The molecule has 0 spiro atoms. The van der Waals surface area contributed by atoms with E-state index in [1.807, 2.05) is 13.0 Å². The molecule has 19 heavy (non-hydrogen) atoms. The first kappa shape index (κ1) is 12.9. The number of alkyl halides is 1. The Hall–Kier alpha value is -1.13. The second-order valence-corrected chi connectivity index (χ2v) is 5.77. The summed E-state index contributed by atoms with van der Waals surface area (Å²) in [6, 6.07) is 2.24. The number of hydrogen-bond acceptors (Lipinski definition) is 3. The third-order valence-electron chi connectivity index (χ3n) is 3.79. The molecule has 1 aliphatic heterocycles. The van der Waals surface area contributed by atoms with Gasteiger partial charge < -0.3 is 9.30 Å². The lowest BCUT2D eigenvalue weighted by atomic mass is 10.1. The molecular formula is C14H18ClN3O. The number of rotatable bonds is 3. The van der Waals surface area contributed by atoms with Gasteiger partial charge in [-0.25, -0.2) is 4.98 Å². The summed E-state index contributed by atoms with van der Waals surface area (Å²) in [6.07, 6.45) is 6.07. The van der Waals surface area contributed by atoms with Crippen LogP contribution in [-0.4, -0.2) is 27.2 Å². The minimum Gasteiger partial charge on any atom is -0.376 e. The largest absolute Gasteiger partial charge is 0.376 e. The van der Waals surface area contributed by atoms with Crippen LogP contribution in [0.5, 0.6) is 0 Å². The quantitative estimate of drug-likeness (QED) is 0.808. The third-order valence-corrected chi connectivity index (χ3v) is 3.98. The van der Waals surface area contributed by atoms with Crippen molar-refractivity contribution >= 4 is 22.6 Å². The van der Waals surface area contributed by atoms with Gasteiger partial charge in [0.2, 0.25) is 0 Å². The molecule has 0 amide bonds. The van der Waals surface area contributed by atoms with Crippen molar-refractivity contribution in [2.75, 3.05) is 6.61 Å². The molecule has 0 bridgehead atoms. The van der Waals surface area contributed by atoms with Gasteiger partial charge in [-0.1, -0.05) is 0 Å². The van der Waals surface area contributed by atoms with Crippen LogP contribution < -0.4 is 0 Å². The molecule has 0 aromatic carbocycles. The zero-order chi connectivity index (χ0) is 13.4. The van der Waals surface area contributed by atoms with Gasteiger partial charge >= 0.3 is 0 Å². The second kappa shape index (κ2) is 5.10. The minimum absolute atomic E-state index is 0.128. The highest BCUT2D eigenvalue weighted by atomic mass is 35.5. The molecule has 3 unspecified atom stereocenters. The first-order valence-corrected chi connectivity index (χ1v) is 7.19. The van der Waals surface area contributed by atoms with Crippen molar-refractivity contribution in [2.45, 2.75) is 44.2 Å². The lowest BCUT2D eigenvalue weighted by Gasteiger charge is -2.23. The van der Waals surface area contributed by atoms with Crippen molar-refractivity contribution in [1.82, 2.24) is 14.5 Å². The summed E-state index contributed by atoms with van der Waals surface area (Å²) in [4.78, 5) is 8.75. The number of pyridine rings is 1. The van der Waals surface area contributed by atoms with Gasteiger partial charge in [0.25, 0.3) is 0 Å². The maximum Gasteiger partial charge on any atom is 0.128 e. The number of aromatic nitrogens is 3. The van der Waals surface area contributed by atoms with Gasteiger partial charge in [-0.15, -0.1) is 11.6 Å². The van der Waals surface area contributed by atoms with Crippen molar-refractivity contribution in [3.05, 3.63) is 24.3 Å². The molecule has 0 N–H and O–H groups in total. The molecule has 1 aliphatic rings. The van der Waals surface area contributed by atoms with Gasteiger partial charge in [0.1, 0.15) is 11.3 Å². The lowest BCUT2D eigenvalue weighted by Crippen LogP contribution is -2.22. The minimum atomic E-state index is -0.128. The molecule has 1 saturated heterocycles. The van der Waals surface area contributed by atoms with Crippen LogP contribution in [0.2, 0.25) is 0 Å². The number of ether oxygens (including phenoxy) is 1. The van der Waals surface area contributed by atoms with Crippen molar-refractivity contribution in [3.63, 3.8) is 0 Å². The third kappa shape index (κ3) is 2.23. The maximum atomic E-state index is 6.29. The van der Waals surface area contributed by atoms with Crippen LogP contribution in [0, 0.1) is 0 Å². The monoisotopic (exact) mass is 279 g/mol. The lowest BCUT2D eigenvalue weighted by molar-refractivity contribution is 0.0736. The van der Waals surface area contributed by atoms with Crippen molar-refractivity contribution in [1.29, 1.82) is 0 Å². The highest BCUT2D eigenvalue weighted by molar-refractivity contribution is 6.20. The van der Waals surface area contributed by atoms with E-state index in [9.17, 15) is 0 Å². The van der Waals surface area contributed by atoms with Crippen LogP contribution in [0.1, 0.15) is 43.9 Å². The van der Waals surface area contributed by atoms with E-state index in [-0.39, 0.29) is 17.5 Å². The van der Waals surface area contributed by atoms with Gasteiger partial charge in [0.05, 0.1) is 29.2 Å². The van der Waals surface area contributed by atoms with Gasteiger partial charge in [-0.05, 0) is 32.8 Å². The number of fused-ring (bicyclic) bond motifs is 1. The molecule has 1 fully saturated rings. The van der Waals surface area contributed by atoms with E-state index in [0.717, 1.165) is 36.3 Å². The van der Waals surface area contributed by atoms with Crippen LogP contribution in [0.3, 0.4) is 0 Å². The van der Waals surface area contributed by atoms with Crippen LogP contribution in [-0.2, 0) is 4.74 Å². The molecule has 3 atom stereocenters. The predicted molar refractivity (Wildman–Crippen MR) is 75.5 cm³/mol.